The zero-order valence-electron chi connectivity index (χ0n) is 7.51. The van der Waals surface area contributed by atoms with Crippen LogP contribution >= 0.6 is 22.9 Å². The standard InChI is InChI=1S/C10H8ClFOS/c1-13-8-3-2-7(12)9-6(4-11)5-14-10(8)9/h2-3,5H,4H2,1H3. The van der Waals surface area contributed by atoms with Crippen LogP contribution in [0.2, 0.25) is 0 Å². The molecule has 0 bridgehead atoms. The number of methoxy groups -OCH3 is 1. The van der Waals surface area contributed by atoms with E-state index >= 15 is 0 Å². The molecule has 74 valence electrons. The van der Waals surface area contributed by atoms with E-state index in [-0.39, 0.29) is 5.82 Å². The van der Waals surface area contributed by atoms with Crippen molar-refractivity contribution in [1.29, 1.82) is 0 Å². The van der Waals surface area contributed by atoms with Gasteiger partial charge in [-0.25, -0.2) is 4.39 Å². The van der Waals surface area contributed by atoms with E-state index in [4.69, 9.17) is 16.3 Å². The summed E-state index contributed by atoms with van der Waals surface area (Å²) in [5.41, 5.74) is 0.822. The third kappa shape index (κ3) is 1.37. The second-order valence-corrected chi connectivity index (χ2v) is 4.00. The quantitative estimate of drug-likeness (QED) is 0.714. The minimum Gasteiger partial charge on any atom is -0.495 e. The number of rotatable bonds is 2. The van der Waals surface area contributed by atoms with Gasteiger partial charge in [0.2, 0.25) is 0 Å². The number of halogens is 2. The van der Waals surface area contributed by atoms with Crippen LogP contribution in [0.15, 0.2) is 17.5 Å². The fourth-order valence-corrected chi connectivity index (χ4v) is 2.78. The van der Waals surface area contributed by atoms with Crippen LogP contribution in [-0.2, 0) is 5.88 Å². The first-order chi connectivity index (χ1) is 6.77. The minimum atomic E-state index is -0.238. The van der Waals surface area contributed by atoms with Crippen molar-refractivity contribution in [2.45, 2.75) is 5.88 Å². The molecule has 1 nitrogen and oxygen atoms in total. The Labute approximate surface area is 90.1 Å². The summed E-state index contributed by atoms with van der Waals surface area (Å²) in [6.07, 6.45) is 0. The maximum Gasteiger partial charge on any atom is 0.136 e. The Kier molecular flexibility index (Phi) is 2.61. The third-order valence-corrected chi connectivity index (χ3v) is 3.41. The first-order valence-corrected chi connectivity index (χ1v) is 5.48. The van der Waals surface area contributed by atoms with Crippen LogP contribution in [0.3, 0.4) is 0 Å². The van der Waals surface area contributed by atoms with E-state index in [1.165, 1.54) is 17.4 Å². The smallest absolute Gasteiger partial charge is 0.136 e. The maximum absolute atomic E-state index is 13.5. The molecule has 14 heavy (non-hydrogen) atoms. The normalized spacial score (nSPS) is 10.8. The van der Waals surface area contributed by atoms with E-state index in [1.807, 2.05) is 5.38 Å². The highest BCUT2D eigenvalue weighted by Crippen LogP contribution is 2.36. The van der Waals surface area contributed by atoms with E-state index in [9.17, 15) is 4.39 Å². The van der Waals surface area contributed by atoms with Crippen molar-refractivity contribution in [3.63, 3.8) is 0 Å². The number of benzene rings is 1. The number of alkyl halides is 1. The molecule has 0 aliphatic heterocycles. The highest BCUT2D eigenvalue weighted by molar-refractivity contribution is 7.17. The Hall–Kier alpha value is -0.800. The van der Waals surface area contributed by atoms with E-state index in [0.29, 0.717) is 17.0 Å². The molecule has 0 saturated heterocycles. The average molecular weight is 231 g/mol. The van der Waals surface area contributed by atoms with E-state index in [0.717, 1.165) is 10.3 Å². The molecule has 1 aromatic heterocycles. The van der Waals surface area contributed by atoms with Crippen molar-refractivity contribution in [3.8, 4) is 5.75 Å². The molecule has 0 radical (unpaired) electrons. The van der Waals surface area contributed by atoms with Crippen LogP contribution in [0.4, 0.5) is 4.39 Å². The van der Waals surface area contributed by atoms with Gasteiger partial charge in [0.05, 0.1) is 11.8 Å². The molecular formula is C10H8ClFOS. The lowest BCUT2D eigenvalue weighted by Crippen LogP contribution is -1.85. The van der Waals surface area contributed by atoms with Gasteiger partial charge in [0.15, 0.2) is 0 Å². The molecule has 0 unspecified atom stereocenters. The molecule has 2 aromatic rings. The topological polar surface area (TPSA) is 9.23 Å². The summed E-state index contributed by atoms with van der Waals surface area (Å²) < 4.78 is 19.4. The van der Waals surface area contributed by atoms with Gasteiger partial charge in [-0.15, -0.1) is 22.9 Å². The van der Waals surface area contributed by atoms with Gasteiger partial charge in [0, 0.05) is 11.3 Å². The first kappa shape index (κ1) is 9.74. The number of hydrogen-bond donors (Lipinski definition) is 0. The molecular weight excluding hydrogens is 223 g/mol. The highest BCUT2D eigenvalue weighted by Gasteiger charge is 2.12. The van der Waals surface area contributed by atoms with Gasteiger partial charge in [-0.1, -0.05) is 0 Å². The largest absolute Gasteiger partial charge is 0.495 e. The van der Waals surface area contributed by atoms with Crippen molar-refractivity contribution < 1.29 is 9.13 Å². The average Bonchev–Trinajstić information content (AvgIpc) is 2.63. The Morgan fingerprint density at radius 1 is 1.50 bits per heavy atom. The van der Waals surface area contributed by atoms with Gasteiger partial charge in [-0.2, -0.15) is 0 Å². The Morgan fingerprint density at radius 2 is 2.29 bits per heavy atom. The lowest BCUT2D eigenvalue weighted by molar-refractivity contribution is 0.420. The molecule has 1 heterocycles. The third-order valence-electron chi connectivity index (χ3n) is 2.07. The molecule has 0 atom stereocenters. The summed E-state index contributed by atoms with van der Waals surface area (Å²) in [6, 6.07) is 3.04. The fourth-order valence-electron chi connectivity index (χ4n) is 1.40. The summed E-state index contributed by atoms with van der Waals surface area (Å²) in [5.74, 6) is 0.782. The number of thiophene rings is 1. The Morgan fingerprint density at radius 3 is 2.93 bits per heavy atom. The van der Waals surface area contributed by atoms with Gasteiger partial charge in [-0.05, 0) is 23.1 Å². The molecule has 0 saturated carbocycles. The predicted molar refractivity (Wildman–Crippen MR) is 57.9 cm³/mol. The van der Waals surface area contributed by atoms with Crippen LogP contribution in [0.1, 0.15) is 5.56 Å². The zero-order chi connectivity index (χ0) is 10.1. The van der Waals surface area contributed by atoms with Gasteiger partial charge in [0.25, 0.3) is 0 Å². The fraction of sp³-hybridized carbons (Fsp3) is 0.200. The van der Waals surface area contributed by atoms with Crippen molar-refractivity contribution in [1.82, 2.24) is 0 Å². The predicted octanol–water partition coefficient (Wildman–Crippen LogP) is 3.79. The number of fused-ring (bicyclic) bond motifs is 1. The van der Waals surface area contributed by atoms with Crippen LogP contribution < -0.4 is 4.74 Å². The zero-order valence-corrected chi connectivity index (χ0v) is 9.08. The molecule has 0 amide bonds. The monoisotopic (exact) mass is 230 g/mol. The minimum absolute atomic E-state index is 0.238. The SMILES string of the molecule is COc1ccc(F)c2c(CCl)csc12. The number of hydrogen-bond acceptors (Lipinski definition) is 2. The van der Waals surface area contributed by atoms with E-state index in [2.05, 4.69) is 0 Å². The maximum atomic E-state index is 13.5. The van der Waals surface area contributed by atoms with Gasteiger partial charge < -0.3 is 4.74 Å². The van der Waals surface area contributed by atoms with Gasteiger partial charge >= 0.3 is 0 Å². The molecule has 2 rings (SSSR count). The highest BCUT2D eigenvalue weighted by atomic mass is 35.5. The second-order valence-electron chi connectivity index (χ2n) is 2.85. The number of ether oxygens (including phenoxy) is 1. The summed E-state index contributed by atoms with van der Waals surface area (Å²) in [5, 5.41) is 2.45. The molecule has 0 fully saturated rings. The molecule has 0 aliphatic carbocycles. The summed E-state index contributed by atoms with van der Waals surface area (Å²) in [7, 11) is 1.58. The van der Waals surface area contributed by atoms with Crippen molar-refractivity contribution in [2.75, 3.05) is 7.11 Å². The van der Waals surface area contributed by atoms with Crippen LogP contribution in [-0.4, -0.2) is 7.11 Å². The van der Waals surface area contributed by atoms with Crippen LogP contribution in [0.5, 0.6) is 5.75 Å². The lowest BCUT2D eigenvalue weighted by atomic mass is 10.2. The molecule has 1 aromatic carbocycles. The van der Waals surface area contributed by atoms with Crippen LogP contribution in [0, 0.1) is 5.82 Å². The molecule has 0 N–H and O–H groups in total. The molecule has 4 heteroatoms. The van der Waals surface area contributed by atoms with Crippen LogP contribution in [0.25, 0.3) is 10.1 Å². The first-order valence-electron chi connectivity index (χ1n) is 4.06. The summed E-state index contributed by atoms with van der Waals surface area (Å²) in [4.78, 5) is 0. The van der Waals surface area contributed by atoms with Gasteiger partial charge in [-0.3, -0.25) is 0 Å². The Balaban J connectivity index is 2.80. The van der Waals surface area contributed by atoms with Crippen molar-refractivity contribution >= 4 is 33.0 Å². The van der Waals surface area contributed by atoms with E-state index in [1.54, 1.807) is 13.2 Å². The summed E-state index contributed by atoms with van der Waals surface area (Å²) in [6.45, 7) is 0. The molecule has 0 aliphatic rings. The van der Waals surface area contributed by atoms with E-state index < -0.39 is 0 Å². The molecule has 0 spiro atoms. The van der Waals surface area contributed by atoms with Crippen molar-refractivity contribution in [3.05, 3.63) is 28.9 Å². The summed E-state index contributed by atoms with van der Waals surface area (Å²) >= 11 is 7.17. The second kappa shape index (κ2) is 3.75. The van der Waals surface area contributed by atoms with Gasteiger partial charge in [0.1, 0.15) is 11.6 Å². The Bertz CT molecular complexity index is 466. The lowest BCUT2D eigenvalue weighted by Gasteiger charge is -2.02. The van der Waals surface area contributed by atoms with Crippen molar-refractivity contribution in [2.24, 2.45) is 0 Å².